The van der Waals surface area contributed by atoms with Crippen LogP contribution in [0.15, 0.2) is 24.7 Å². The molecule has 1 N–H and O–H groups in total. The van der Waals surface area contributed by atoms with Gasteiger partial charge in [-0.3, -0.25) is 9.78 Å². The number of aromatic nitrogens is 3. The van der Waals surface area contributed by atoms with Crippen molar-refractivity contribution >= 4 is 11.7 Å². The van der Waals surface area contributed by atoms with Crippen LogP contribution in [0, 0.1) is 5.82 Å². The molecule has 1 aliphatic heterocycles. The van der Waals surface area contributed by atoms with Gasteiger partial charge in [0.2, 0.25) is 5.91 Å². The number of rotatable bonds is 4. The van der Waals surface area contributed by atoms with Crippen LogP contribution in [0.1, 0.15) is 29.8 Å². The van der Waals surface area contributed by atoms with E-state index in [9.17, 15) is 9.18 Å². The first-order valence-corrected chi connectivity index (χ1v) is 8.66. The van der Waals surface area contributed by atoms with E-state index < -0.39 is 5.82 Å². The Morgan fingerprint density at radius 2 is 2.04 bits per heavy atom. The number of carbonyl (C=O) groups is 1. The lowest BCUT2D eigenvalue weighted by Crippen LogP contribution is -2.34. The van der Waals surface area contributed by atoms with Crippen LogP contribution in [0.25, 0.3) is 0 Å². The molecule has 0 aromatic carbocycles. The average molecular weight is 341 g/mol. The van der Waals surface area contributed by atoms with Gasteiger partial charge < -0.3 is 10.2 Å². The van der Waals surface area contributed by atoms with Crippen molar-refractivity contribution in [2.45, 2.75) is 38.1 Å². The van der Waals surface area contributed by atoms with E-state index >= 15 is 0 Å². The van der Waals surface area contributed by atoms with E-state index in [1.165, 1.54) is 18.9 Å². The largest absolute Gasteiger partial charge is 0.367 e. The van der Waals surface area contributed by atoms with Gasteiger partial charge in [0.25, 0.3) is 0 Å². The van der Waals surface area contributed by atoms with Crippen molar-refractivity contribution < 1.29 is 9.18 Å². The van der Waals surface area contributed by atoms with E-state index in [1.807, 2.05) is 4.90 Å². The molecule has 2 aromatic rings. The van der Waals surface area contributed by atoms with Gasteiger partial charge in [-0.1, -0.05) is 0 Å². The maximum Gasteiger partial charge on any atom is 0.228 e. The number of nitrogens with one attached hydrogen (secondary N) is 1. The molecule has 1 amide bonds. The van der Waals surface area contributed by atoms with Crippen LogP contribution in [0.3, 0.4) is 0 Å². The summed E-state index contributed by atoms with van der Waals surface area (Å²) in [5.74, 6) is 0.536. The summed E-state index contributed by atoms with van der Waals surface area (Å²) < 4.78 is 12.9. The minimum Gasteiger partial charge on any atom is -0.367 e. The molecule has 1 saturated carbocycles. The number of fused-ring (bicyclic) bond motifs is 1. The quantitative estimate of drug-likeness (QED) is 0.917. The molecule has 130 valence electrons. The van der Waals surface area contributed by atoms with Crippen LogP contribution in [-0.2, 0) is 24.1 Å². The van der Waals surface area contributed by atoms with Crippen LogP contribution in [0.5, 0.6) is 0 Å². The van der Waals surface area contributed by atoms with Crippen molar-refractivity contribution in [3.63, 3.8) is 0 Å². The first kappa shape index (κ1) is 15.9. The molecule has 3 heterocycles. The Bertz CT molecular complexity index is 776. The molecule has 2 aromatic heterocycles. The zero-order valence-electron chi connectivity index (χ0n) is 13.9. The fraction of sp³-hybridized carbons (Fsp3) is 0.444. The third-order valence-electron chi connectivity index (χ3n) is 4.68. The van der Waals surface area contributed by atoms with Crippen molar-refractivity contribution in [3.8, 4) is 0 Å². The average Bonchev–Trinajstić information content (AvgIpc) is 3.43. The Balaban J connectivity index is 1.44. The van der Waals surface area contributed by atoms with Crippen molar-refractivity contribution in [3.05, 3.63) is 47.4 Å². The summed E-state index contributed by atoms with van der Waals surface area (Å²) in [6.07, 6.45) is 6.78. The fourth-order valence-corrected chi connectivity index (χ4v) is 3.10. The van der Waals surface area contributed by atoms with E-state index in [4.69, 9.17) is 0 Å². The van der Waals surface area contributed by atoms with Crippen LogP contribution < -0.4 is 5.32 Å². The molecule has 0 saturated heterocycles. The Kier molecular flexibility index (Phi) is 4.29. The third-order valence-corrected chi connectivity index (χ3v) is 4.68. The minimum absolute atomic E-state index is 0.0107. The molecule has 0 spiro atoms. The van der Waals surface area contributed by atoms with Crippen LogP contribution in [0.4, 0.5) is 10.2 Å². The van der Waals surface area contributed by atoms with Crippen molar-refractivity contribution in [1.82, 2.24) is 19.9 Å². The minimum atomic E-state index is -0.393. The smallest absolute Gasteiger partial charge is 0.228 e. The number of pyridine rings is 1. The van der Waals surface area contributed by atoms with Gasteiger partial charge in [-0.15, -0.1) is 0 Å². The molecular weight excluding hydrogens is 321 g/mol. The summed E-state index contributed by atoms with van der Waals surface area (Å²) in [5.41, 5.74) is 2.74. The third kappa shape index (κ3) is 3.75. The molecule has 25 heavy (non-hydrogen) atoms. The fourth-order valence-electron chi connectivity index (χ4n) is 3.10. The lowest BCUT2D eigenvalue weighted by molar-refractivity contribution is -0.130. The Morgan fingerprint density at radius 3 is 2.80 bits per heavy atom. The van der Waals surface area contributed by atoms with E-state index in [1.54, 1.807) is 12.4 Å². The standard InChI is InChI=1S/C18H20FN5O/c19-12-1-2-14(20-10-12)9-17(25)24-7-5-15-16(6-8-24)21-11-22-18(15)23-13-3-4-13/h1-2,10-11,13H,3-9H2,(H,21,22,23). The van der Waals surface area contributed by atoms with E-state index in [2.05, 4.69) is 20.3 Å². The lowest BCUT2D eigenvalue weighted by atomic mass is 10.1. The Hall–Kier alpha value is -2.57. The second-order valence-electron chi connectivity index (χ2n) is 6.59. The van der Waals surface area contributed by atoms with Gasteiger partial charge >= 0.3 is 0 Å². The van der Waals surface area contributed by atoms with E-state index in [0.717, 1.165) is 36.1 Å². The molecule has 1 aliphatic carbocycles. The molecule has 7 heteroatoms. The van der Waals surface area contributed by atoms with Gasteiger partial charge in [-0.05, 0) is 31.4 Å². The zero-order valence-corrected chi connectivity index (χ0v) is 13.9. The highest BCUT2D eigenvalue weighted by Crippen LogP contribution is 2.27. The van der Waals surface area contributed by atoms with Gasteiger partial charge in [0.05, 0.1) is 18.3 Å². The highest BCUT2D eigenvalue weighted by Gasteiger charge is 2.26. The number of hydrogen-bond acceptors (Lipinski definition) is 5. The SMILES string of the molecule is O=C(Cc1ccc(F)cn1)N1CCc2ncnc(NC3CC3)c2CC1. The summed E-state index contributed by atoms with van der Waals surface area (Å²) in [4.78, 5) is 27.2. The predicted octanol–water partition coefficient (Wildman–Crippen LogP) is 1.75. The molecule has 0 bridgehead atoms. The number of anilines is 1. The molecule has 0 atom stereocenters. The number of amides is 1. The Labute approximate surface area is 145 Å². The van der Waals surface area contributed by atoms with Crippen molar-refractivity contribution in [2.24, 2.45) is 0 Å². The Morgan fingerprint density at radius 1 is 1.20 bits per heavy atom. The first-order valence-electron chi connectivity index (χ1n) is 8.66. The topological polar surface area (TPSA) is 71.0 Å². The van der Waals surface area contributed by atoms with Gasteiger partial charge in [-0.25, -0.2) is 14.4 Å². The predicted molar refractivity (Wildman–Crippen MR) is 90.6 cm³/mol. The second kappa shape index (κ2) is 6.74. The van der Waals surface area contributed by atoms with Gasteiger partial charge in [-0.2, -0.15) is 0 Å². The molecule has 6 nitrogen and oxygen atoms in total. The molecule has 1 fully saturated rings. The highest BCUT2D eigenvalue weighted by atomic mass is 19.1. The number of nitrogens with zero attached hydrogens (tertiary/aromatic N) is 4. The summed E-state index contributed by atoms with van der Waals surface area (Å²) in [7, 11) is 0. The first-order chi connectivity index (χ1) is 12.2. The number of halogens is 1. The van der Waals surface area contributed by atoms with Gasteiger partial charge in [0.15, 0.2) is 0 Å². The van der Waals surface area contributed by atoms with E-state index in [-0.39, 0.29) is 12.3 Å². The molecule has 0 unspecified atom stereocenters. The van der Waals surface area contributed by atoms with Crippen molar-refractivity contribution in [1.29, 1.82) is 0 Å². The molecular formula is C18H20FN5O. The van der Waals surface area contributed by atoms with Crippen LogP contribution in [-0.4, -0.2) is 44.9 Å². The van der Waals surface area contributed by atoms with Gasteiger partial charge in [0, 0.05) is 36.8 Å². The second-order valence-corrected chi connectivity index (χ2v) is 6.59. The van der Waals surface area contributed by atoms with E-state index in [0.29, 0.717) is 24.8 Å². The van der Waals surface area contributed by atoms with Gasteiger partial charge in [0.1, 0.15) is 18.0 Å². The summed E-state index contributed by atoms with van der Waals surface area (Å²) in [6.45, 7) is 1.27. The maximum atomic E-state index is 12.9. The summed E-state index contributed by atoms with van der Waals surface area (Å²) >= 11 is 0. The number of carbonyl (C=O) groups excluding carboxylic acids is 1. The summed E-state index contributed by atoms with van der Waals surface area (Å²) in [6, 6.07) is 3.42. The monoisotopic (exact) mass is 341 g/mol. The van der Waals surface area contributed by atoms with Crippen LogP contribution >= 0.6 is 0 Å². The normalized spacial score (nSPS) is 16.9. The maximum absolute atomic E-state index is 12.9. The molecule has 4 rings (SSSR count). The lowest BCUT2D eigenvalue weighted by Gasteiger charge is -2.20. The zero-order chi connectivity index (χ0) is 17.2. The highest BCUT2D eigenvalue weighted by molar-refractivity contribution is 5.78. The molecule has 2 aliphatic rings. The van der Waals surface area contributed by atoms with Crippen molar-refractivity contribution in [2.75, 3.05) is 18.4 Å². The summed E-state index contributed by atoms with van der Waals surface area (Å²) in [5, 5.41) is 3.46. The number of hydrogen-bond donors (Lipinski definition) is 1. The van der Waals surface area contributed by atoms with Crippen LogP contribution in [0.2, 0.25) is 0 Å². The molecule has 0 radical (unpaired) electrons.